The van der Waals surface area contributed by atoms with Crippen LogP contribution < -0.4 is 15.0 Å². The van der Waals surface area contributed by atoms with Gasteiger partial charge in [0.1, 0.15) is 0 Å². The Morgan fingerprint density at radius 3 is 2.62 bits per heavy atom. The summed E-state index contributed by atoms with van der Waals surface area (Å²) < 4.78 is 10.9. The molecule has 8 nitrogen and oxygen atoms in total. The van der Waals surface area contributed by atoms with E-state index >= 15 is 0 Å². The number of amides is 1. The molecule has 0 aliphatic carbocycles. The molecule has 0 saturated carbocycles. The summed E-state index contributed by atoms with van der Waals surface area (Å²) in [6.45, 7) is 0. The average Bonchev–Trinajstić information content (AvgIpc) is 3.62. The zero-order chi connectivity index (χ0) is 25.8. The highest BCUT2D eigenvalue weighted by Crippen LogP contribution is 2.38. The topological polar surface area (TPSA) is 96.9 Å². The van der Waals surface area contributed by atoms with Crippen molar-refractivity contribution in [3.05, 3.63) is 92.9 Å². The van der Waals surface area contributed by atoms with Crippen LogP contribution >= 0.6 is 23.1 Å². The molecular formula is C27H24N4O4S2. The minimum atomic E-state index is -0.298. The summed E-state index contributed by atoms with van der Waals surface area (Å²) >= 11 is 2.77. The maximum atomic E-state index is 13.5. The summed E-state index contributed by atoms with van der Waals surface area (Å²) in [5.74, 6) is 1.08. The Balaban J connectivity index is 1.40. The van der Waals surface area contributed by atoms with Gasteiger partial charge in [-0.3, -0.25) is 9.59 Å². The molecular weight excluding hydrogens is 508 g/mol. The van der Waals surface area contributed by atoms with Gasteiger partial charge < -0.3 is 14.5 Å². The molecule has 188 valence electrons. The van der Waals surface area contributed by atoms with Crippen LogP contribution in [-0.2, 0) is 4.79 Å². The number of rotatable bonds is 8. The fourth-order valence-corrected chi connectivity index (χ4v) is 5.56. The van der Waals surface area contributed by atoms with Crippen LogP contribution in [0.1, 0.15) is 22.9 Å². The van der Waals surface area contributed by atoms with Gasteiger partial charge in [0.15, 0.2) is 16.7 Å². The number of benzene rings is 2. The summed E-state index contributed by atoms with van der Waals surface area (Å²) in [7, 11) is 3.17. The fourth-order valence-electron chi connectivity index (χ4n) is 4.11. The van der Waals surface area contributed by atoms with Crippen molar-refractivity contribution in [2.75, 3.05) is 20.0 Å². The molecule has 0 spiro atoms. The summed E-state index contributed by atoms with van der Waals surface area (Å²) in [6, 6.07) is 20.2. The molecule has 0 radical (unpaired) electrons. The highest BCUT2D eigenvalue weighted by molar-refractivity contribution is 7.99. The zero-order valence-corrected chi connectivity index (χ0v) is 21.8. The predicted octanol–water partition coefficient (Wildman–Crippen LogP) is 4.99. The van der Waals surface area contributed by atoms with E-state index < -0.39 is 0 Å². The van der Waals surface area contributed by atoms with Crippen LogP contribution in [0.2, 0.25) is 0 Å². The third kappa shape index (κ3) is 5.45. The number of H-pyrrole nitrogens is 1. The monoisotopic (exact) mass is 532 g/mol. The van der Waals surface area contributed by atoms with Crippen LogP contribution in [0.5, 0.6) is 11.5 Å². The van der Waals surface area contributed by atoms with Crippen LogP contribution in [0, 0.1) is 0 Å². The number of nitrogens with zero attached hydrogens (tertiary/aromatic N) is 3. The number of ether oxygens (including phenoxy) is 2. The van der Waals surface area contributed by atoms with E-state index in [1.807, 2.05) is 66.0 Å². The minimum Gasteiger partial charge on any atom is -0.493 e. The summed E-state index contributed by atoms with van der Waals surface area (Å²) in [4.78, 5) is 34.0. The Labute approximate surface area is 222 Å². The van der Waals surface area contributed by atoms with E-state index in [0.29, 0.717) is 28.8 Å². The lowest BCUT2D eigenvalue weighted by atomic mass is 10.0. The number of carbonyl (C=O) groups is 1. The second kappa shape index (κ2) is 11.0. The zero-order valence-electron chi connectivity index (χ0n) is 20.2. The number of thiophene rings is 1. The number of hydrogen-bond acceptors (Lipinski definition) is 8. The van der Waals surface area contributed by atoms with E-state index in [-0.39, 0.29) is 23.3 Å². The molecule has 1 aliphatic rings. The lowest BCUT2D eigenvalue weighted by Gasteiger charge is -2.22. The molecule has 1 aliphatic heterocycles. The molecule has 4 aromatic rings. The van der Waals surface area contributed by atoms with E-state index in [1.165, 1.54) is 22.8 Å². The van der Waals surface area contributed by atoms with E-state index in [9.17, 15) is 9.59 Å². The van der Waals surface area contributed by atoms with Crippen molar-refractivity contribution in [1.82, 2.24) is 15.0 Å². The molecule has 0 fully saturated rings. The summed E-state index contributed by atoms with van der Waals surface area (Å²) in [6.07, 6.45) is 0.574. The van der Waals surface area contributed by atoms with Crippen LogP contribution in [-0.4, -0.2) is 46.6 Å². The first kappa shape index (κ1) is 24.8. The predicted molar refractivity (Wildman–Crippen MR) is 146 cm³/mol. The molecule has 3 heterocycles. The number of hydrazone groups is 1. The molecule has 1 atom stereocenters. The Morgan fingerprint density at radius 2 is 1.89 bits per heavy atom. The second-order valence-corrected chi connectivity index (χ2v) is 10.1. The third-order valence-electron chi connectivity index (χ3n) is 5.89. The number of aromatic amines is 1. The van der Waals surface area contributed by atoms with Gasteiger partial charge in [-0.15, -0.1) is 11.3 Å². The molecule has 37 heavy (non-hydrogen) atoms. The molecule has 10 heteroatoms. The normalized spacial score (nSPS) is 14.9. The van der Waals surface area contributed by atoms with Crippen molar-refractivity contribution in [3.63, 3.8) is 0 Å². The first-order chi connectivity index (χ1) is 18.1. The SMILES string of the molecule is COc1ccc(C2CC(c3cccs3)=NN2C(=O)CSc2nc(-c3ccccc3)cc(=O)[nH]2)cc1OC. The van der Waals surface area contributed by atoms with Gasteiger partial charge in [0.05, 0.1) is 42.3 Å². The molecule has 2 aromatic carbocycles. The number of nitrogens with one attached hydrogen (secondary N) is 1. The smallest absolute Gasteiger partial charge is 0.253 e. The Kier molecular flexibility index (Phi) is 7.38. The van der Waals surface area contributed by atoms with Crippen molar-refractivity contribution in [2.45, 2.75) is 17.6 Å². The van der Waals surface area contributed by atoms with E-state index in [4.69, 9.17) is 14.6 Å². The van der Waals surface area contributed by atoms with E-state index in [1.54, 1.807) is 25.6 Å². The van der Waals surface area contributed by atoms with Crippen LogP contribution in [0.4, 0.5) is 0 Å². The highest BCUT2D eigenvalue weighted by Gasteiger charge is 2.34. The van der Waals surface area contributed by atoms with Gasteiger partial charge >= 0.3 is 0 Å². The third-order valence-corrected chi connectivity index (χ3v) is 7.66. The Morgan fingerprint density at radius 1 is 1.08 bits per heavy atom. The molecule has 0 saturated heterocycles. The van der Waals surface area contributed by atoms with Gasteiger partial charge in [-0.05, 0) is 29.1 Å². The maximum absolute atomic E-state index is 13.5. The number of hydrogen-bond donors (Lipinski definition) is 1. The number of carbonyl (C=O) groups excluding carboxylic acids is 1. The van der Waals surface area contributed by atoms with Gasteiger partial charge in [-0.25, -0.2) is 9.99 Å². The van der Waals surface area contributed by atoms with Gasteiger partial charge in [0, 0.05) is 18.1 Å². The fraction of sp³-hybridized carbons (Fsp3) is 0.185. The molecule has 2 aromatic heterocycles. The average molecular weight is 533 g/mol. The van der Waals surface area contributed by atoms with Crippen molar-refractivity contribution < 1.29 is 14.3 Å². The van der Waals surface area contributed by atoms with Crippen LogP contribution in [0.3, 0.4) is 0 Å². The molecule has 1 unspecified atom stereocenters. The van der Waals surface area contributed by atoms with E-state index in [2.05, 4.69) is 9.97 Å². The number of thioether (sulfide) groups is 1. The van der Waals surface area contributed by atoms with Crippen molar-refractivity contribution in [3.8, 4) is 22.8 Å². The Bertz CT molecular complexity index is 1490. The van der Waals surface area contributed by atoms with Gasteiger partial charge in [0.2, 0.25) is 0 Å². The molecule has 0 bridgehead atoms. The standard InChI is InChI=1S/C27H24N4O4S2/c1-34-22-11-10-18(13-23(22)35-2)21-14-20(24-9-6-12-36-24)30-31(21)26(33)16-37-27-28-19(15-25(32)29-27)17-7-4-3-5-8-17/h3-13,15,21H,14,16H2,1-2H3,(H,28,29,32). The number of methoxy groups -OCH3 is 2. The minimum absolute atomic E-state index is 0.0617. The van der Waals surface area contributed by atoms with Crippen molar-refractivity contribution in [2.24, 2.45) is 5.10 Å². The summed E-state index contributed by atoms with van der Waals surface area (Å²) in [5, 5.41) is 8.61. The van der Waals surface area contributed by atoms with Crippen LogP contribution in [0.15, 0.2) is 87.2 Å². The molecule has 5 rings (SSSR count). The van der Waals surface area contributed by atoms with Gasteiger partial charge in [-0.1, -0.05) is 54.2 Å². The highest BCUT2D eigenvalue weighted by atomic mass is 32.2. The van der Waals surface area contributed by atoms with Crippen molar-refractivity contribution in [1.29, 1.82) is 0 Å². The molecule has 1 amide bonds. The van der Waals surface area contributed by atoms with Gasteiger partial charge in [-0.2, -0.15) is 5.10 Å². The largest absolute Gasteiger partial charge is 0.493 e. The maximum Gasteiger partial charge on any atom is 0.253 e. The first-order valence-electron chi connectivity index (χ1n) is 11.5. The van der Waals surface area contributed by atoms with Crippen molar-refractivity contribution >= 4 is 34.7 Å². The van der Waals surface area contributed by atoms with Crippen LogP contribution in [0.25, 0.3) is 11.3 Å². The number of aromatic nitrogens is 2. The Hall–Kier alpha value is -3.89. The van der Waals surface area contributed by atoms with E-state index in [0.717, 1.165) is 21.7 Å². The summed E-state index contributed by atoms with van der Waals surface area (Å²) in [5.41, 5.74) is 2.86. The quantitative estimate of drug-likeness (QED) is 0.254. The molecule has 1 N–H and O–H groups in total. The first-order valence-corrected chi connectivity index (χ1v) is 13.4. The second-order valence-electron chi connectivity index (χ2n) is 8.19. The van der Waals surface area contributed by atoms with Gasteiger partial charge in [0.25, 0.3) is 11.5 Å². The lowest BCUT2D eigenvalue weighted by molar-refractivity contribution is -0.130. The lowest BCUT2D eigenvalue weighted by Crippen LogP contribution is -2.28.